The number of hydrogen-bond acceptors (Lipinski definition) is 9. The van der Waals surface area contributed by atoms with Gasteiger partial charge < -0.3 is 19.3 Å². The number of aromatic nitrogens is 1. The molecule has 1 saturated heterocycles. The van der Waals surface area contributed by atoms with E-state index in [0.29, 0.717) is 33.0 Å². The van der Waals surface area contributed by atoms with Gasteiger partial charge >= 0.3 is 5.97 Å². The van der Waals surface area contributed by atoms with Gasteiger partial charge in [0.25, 0.3) is 5.91 Å². The molecule has 0 aliphatic carbocycles. The van der Waals surface area contributed by atoms with E-state index in [-0.39, 0.29) is 24.0 Å². The number of nitrogens with zero attached hydrogens (tertiary/aromatic N) is 2. The third kappa shape index (κ3) is 5.98. The molecule has 9 nitrogen and oxygen atoms in total. The molecule has 1 N–H and O–H groups in total. The van der Waals surface area contributed by atoms with E-state index >= 15 is 0 Å². The summed E-state index contributed by atoms with van der Waals surface area (Å²) in [4.78, 5) is 41.8. The van der Waals surface area contributed by atoms with Gasteiger partial charge in [0.2, 0.25) is 5.91 Å². The van der Waals surface area contributed by atoms with E-state index in [2.05, 4.69) is 33.0 Å². The normalized spacial score (nSPS) is 18.1. The molecule has 206 valence electrons. The van der Waals surface area contributed by atoms with Crippen LogP contribution >= 0.6 is 39.5 Å². The van der Waals surface area contributed by atoms with Crippen LogP contribution in [0.1, 0.15) is 11.3 Å². The number of amides is 2. The Labute approximate surface area is 247 Å². The van der Waals surface area contributed by atoms with E-state index in [4.69, 9.17) is 14.0 Å². The number of nitrogens with one attached hydrogen (secondary N) is 1. The maximum Gasteiger partial charge on any atom is 0.355 e. The second kappa shape index (κ2) is 12.4. The van der Waals surface area contributed by atoms with E-state index < -0.39 is 23.3 Å². The second-order valence-electron chi connectivity index (χ2n) is 8.80. The minimum atomic E-state index is -0.757. The zero-order chi connectivity index (χ0) is 28.2. The van der Waals surface area contributed by atoms with Crippen LogP contribution in [0, 0.1) is 0 Å². The molecule has 1 fully saturated rings. The van der Waals surface area contributed by atoms with Gasteiger partial charge in [-0.3, -0.25) is 14.5 Å². The second-order valence-corrected chi connectivity index (χ2v) is 11.8. The van der Waals surface area contributed by atoms with Crippen LogP contribution in [0.15, 0.2) is 92.5 Å². The van der Waals surface area contributed by atoms with Gasteiger partial charge in [-0.25, -0.2) is 4.79 Å². The first-order valence-corrected chi connectivity index (χ1v) is 15.0. The van der Waals surface area contributed by atoms with E-state index in [9.17, 15) is 14.4 Å². The molecule has 40 heavy (non-hydrogen) atoms. The Bertz CT molecular complexity index is 1470. The van der Waals surface area contributed by atoms with E-state index in [1.54, 1.807) is 37.4 Å². The van der Waals surface area contributed by atoms with Crippen LogP contribution in [0.25, 0.3) is 5.57 Å². The summed E-state index contributed by atoms with van der Waals surface area (Å²) >= 11 is 6.07. The summed E-state index contributed by atoms with van der Waals surface area (Å²) in [6, 6.07) is 17.5. The summed E-state index contributed by atoms with van der Waals surface area (Å²) in [7, 11) is 1.57. The molecule has 3 aromatic rings. The first-order valence-electron chi connectivity index (χ1n) is 12.1. The number of hydrogen-bond donors (Lipinski definition) is 1. The standard InChI is InChI=1S/C28H24BrN3O6S2/c1-16(21-12-22(29)31-38-21)20-14-40-27-24(30-23(33)15-39-19-6-4-3-5-7-19)26(34)32(27)25(20)28(35)37-13-17-8-10-18(36-2)11-9-17/h3-12,24,27H,1,13-15H2,2H3,(H,30,33)/t24-,27-/m1/s1. The van der Waals surface area contributed by atoms with E-state index in [1.807, 2.05) is 30.3 Å². The summed E-state index contributed by atoms with van der Waals surface area (Å²) in [6.07, 6.45) is 0. The van der Waals surface area contributed by atoms with Crippen LogP contribution in [0.5, 0.6) is 5.75 Å². The predicted molar refractivity (Wildman–Crippen MR) is 155 cm³/mol. The smallest absolute Gasteiger partial charge is 0.355 e. The third-order valence-corrected chi connectivity index (χ3v) is 8.93. The van der Waals surface area contributed by atoms with Gasteiger partial charge in [0.05, 0.1) is 12.9 Å². The SMILES string of the molecule is C=C(C1=C(C(=O)OCc2ccc(OC)cc2)N2C(=O)[C@@H](NC(=O)CSc3ccccc3)[C@H]2SC1)c1cc(Br)no1. The van der Waals surface area contributed by atoms with Gasteiger partial charge in [0.15, 0.2) is 5.76 Å². The number of methoxy groups -OCH3 is 1. The molecule has 12 heteroatoms. The lowest BCUT2D eigenvalue weighted by Crippen LogP contribution is -2.70. The third-order valence-electron chi connectivity index (χ3n) is 6.26. The Kier molecular flexibility index (Phi) is 8.67. The molecule has 2 aliphatic heterocycles. The van der Waals surface area contributed by atoms with Crippen LogP contribution in [0.2, 0.25) is 0 Å². The largest absolute Gasteiger partial charge is 0.497 e. The first kappa shape index (κ1) is 28.1. The van der Waals surface area contributed by atoms with Crippen molar-refractivity contribution in [2.45, 2.75) is 22.9 Å². The molecular weight excluding hydrogens is 618 g/mol. The Morgan fingerprint density at radius 1 is 1.23 bits per heavy atom. The van der Waals surface area contributed by atoms with Gasteiger partial charge in [-0.1, -0.05) is 42.1 Å². The number of thioether (sulfide) groups is 2. The van der Waals surface area contributed by atoms with Crippen LogP contribution in [-0.2, 0) is 25.7 Å². The topological polar surface area (TPSA) is 111 Å². The molecule has 5 rings (SSSR count). The molecule has 2 aromatic carbocycles. The number of halogens is 1. The fourth-order valence-corrected chi connectivity index (χ4v) is 6.60. The minimum absolute atomic E-state index is 0.00332. The highest BCUT2D eigenvalue weighted by Gasteiger charge is 2.54. The van der Waals surface area contributed by atoms with Gasteiger partial charge in [-0.2, -0.15) is 0 Å². The molecule has 0 saturated carbocycles. The fraction of sp³-hybridized carbons (Fsp3) is 0.214. The zero-order valence-electron chi connectivity index (χ0n) is 21.3. The number of carbonyl (C=O) groups excluding carboxylic acids is 3. The van der Waals surface area contributed by atoms with E-state index in [1.165, 1.54) is 28.4 Å². The average Bonchev–Trinajstić information content (AvgIpc) is 3.43. The molecule has 0 bridgehead atoms. The Morgan fingerprint density at radius 3 is 2.65 bits per heavy atom. The first-order chi connectivity index (χ1) is 19.4. The maximum atomic E-state index is 13.5. The Hall–Kier alpha value is -3.48. The highest BCUT2D eigenvalue weighted by Crippen LogP contribution is 2.44. The van der Waals surface area contributed by atoms with Crippen LogP contribution in [0.3, 0.4) is 0 Å². The van der Waals surface area contributed by atoms with Crippen molar-refractivity contribution in [3.63, 3.8) is 0 Å². The summed E-state index contributed by atoms with van der Waals surface area (Å²) in [5, 5.41) is 6.20. The maximum absolute atomic E-state index is 13.5. The van der Waals surface area contributed by atoms with Gasteiger partial charge in [-0.05, 0) is 45.8 Å². The summed E-state index contributed by atoms with van der Waals surface area (Å²) in [5.74, 6) is 0.232. The number of esters is 1. The lowest BCUT2D eigenvalue weighted by molar-refractivity contribution is -0.153. The number of β-lactam (4-membered cyclic amide) rings is 1. The number of fused-ring (bicyclic) bond motifs is 1. The lowest BCUT2D eigenvalue weighted by atomic mass is 9.98. The fourth-order valence-electron chi connectivity index (χ4n) is 4.20. The Balaban J connectivity index is 1.33. The van der Waals surface area contributed by atoms with Crippen molar-refractivity contribution >= 4 is 62.8 Å². The molecule has 0 spiro atoms. The van der Waals surface area contributed by atoms with Crippen molar-refractivity contribution in [1.82, 2.24) is 15.4 Å². The van der Waals surface area contributed by atoms with Crippen LogP contribution in [-0.4, -0.2) is 57.9 Å². The summed E-state index contributed by atoms with van der Waals surface area (Å²) in [5.41, 5.74) is 1.76. The molecule has 0 radical (unpaired) electrons. The van der Waals surface area contributed by atoms with Crippen molar-refractivity contribution < 1.29 is 28.4 Å². The molecule has 0 unspecified atom stereocenters. The zero-order valence-corrected chi connectivity index (χ0v) is 24.5. The van der Waals surface area contributed by atoms with Gasteiger partial charge in [-0.15, -0.1) is 23.5 Å². The van der Waals surface area contributed by atoms with Crippen molar-refractivity contribution in [3.8, 4) is 5.75 Å². The molecular formula is C28H24BrN3O6S2. The molecule has 2 amide bonds. The number of benzene rings is 2. The van der Waals surface area contributed by atoms with Crippen molar-refractivity contribution in [1.29, 1.82) is 0 Å². The van der Waals surface area contributed by atoms with Crippen molar-refractivity contribution in [2.75, 3.05) is 18.6 Å². The van der Waals surface area contributed by atoms with Crippen molar-refractivity contribution in [2.24, 2.45) is 0 Å². The number of ether oxygens (including phenoxy) is 2. The predicted octanol–water partition coefficient (Wildman–Crippen LogP) is 4.65. The molecule has 2 atom stereocenters. The molecule has 3 heterocycles. The van der Waals surface area contributed by atoms with Gasteiger partial charge in [0.1, 0.15) is 34.1 Å². The summed E-state index contributed by atoms with van der Waals surface area (Å²) < 4.78 is 16.6. The highest BCUT2D eigenvalue weighted by atomic mass is 79.9. The number of allylic oxidation sites excluding steroid dienone is 1. The minimum Gasteiger partial charge on any atom is -0.497 e. The summed E-state index contributed by atoms with van der Waals surface area (Å²) in [6.45, 7) is 4.10. The van der Waals surface area contributed by atoms with Crippen LogP contribution in [0.4, 0.5) is 0 Å². The highest BCUT2D eigenvalue weighted by molar-refractivity contribution is 9.10. The van der Waals surface area contributed by atoms with Crippen molar-refractivity contribution in [3.05, 3.63) is 94.4 Å². The quantitative estimate of drug-likeness (QED) is 0.192. The van der Waals surface area contributed by atoms with Gasteiger partial charge in [0, 0.05) is 27.9 Å². The molecule has 2 aliphatic rings. The number of rotatable bonds is 10. The monoisotopic (exact) mass is 641 g/mol. The average molecular weight is 643 g/mol. The Morgan fingerprint density at radius 2 is 1.98 bits per heavy atom. The van der Waals surface area contributed by atoms with E-state index in [0.717, 1.165) is 10.5 Å². The van der Waals surface area contributed by atoms with Crippen LogP contribution < -0.4 is 10.1 Å². The number of carbonyl (C=O) groups is 3. The lowest BCUT2D eigenvalue weighted by Gasteiger charge is -2.49. The molecule has 1 aromatic heterocycles.